The van der Waals surface area contributed by atoms with E-state index in [-0.39, 0.29) is 5.91 Å². The zero-order chi connectivity index (χ0) is 13.7. The van der Waals surface area contributed by atoms with Crippen LogP contribution in [0.5, 0.6) is 0 Å². The van der Waals surface area contributed by atoms with Crippen LogP contribution in [0.3, 0.4) is 0 Å². The molecule has 1 aliphatic carbocycles. The molecule has 2 N–H and O–H groups in total. The molecule has 0 unspecified atom stereocenters. The molecule has 4 heteroatoms. The van der Waals surface area contributed by atoms with Crippen molar-refractivity contribution in [1.82, 2.24) is 4.90 Å². The molecule has 1 aromatic carbocycles. The lowest BCUT2D eigenvalue weighted by Crippen LogP contribution is -2.33. The molecule has 1 fully saturated rings. The van der Waals surface area contributed by atoms with E-state index in [9.17, 15) is 4.79 Å². The molecular formula is C15H22N2O2. The van der Waals surface area contributed by atoms with E-state index in [4.69, 9.17) is 10.5 Å². The quantitative estimate of drug-likeness (QED) is 0.605. The van der Waals surface area contributed by atoms with E-state index in [1.54, 1.807) is 0 Å². The molecule has 4 nitrogen and oxygen atoms in total. The average Bonchev–Trinajstić information content (AvgIpc) is 3.22. The van der Waals surface area contributed by atoms with Gasteiger partial charge < -0.3 is 15.4 Å². The van der Waals surface area contributed by atoms with E-state index in [0.29, 0.717) is 32.2 Å². The van der Waals surface area contributed by atoms with Gasteiger partial charge in [-0.3, -0.25) is 4.79 Å². The summed E-state index contributed by atoms with van der Waals surface area (Å²) in [6, 6.07) is 8.16. The molecule has 1 aromatic rings. The third-order valence-corrected chi connectivity index (χ3v) is 3.31. The number of carbonyl (C=O) groups excluding carboxylic acids is 1. The molecule has 0 heterocycles. The van der Waals surface area contributed by atoms with Gasteiger partial charge >= 0.3 is 0 Å². The van der Waals surface area contributed by atoms with Crippen LogP contribution in [0.1, 0.15) is 31.7 Å². The lowest BCUT2D eigenvalue weighted by Gasteiger charge is -2.22. The maximum atomic E-state index is 12.2. The van der Waals surface area contributed by atoms with Gasteiger partial charge in [0.25, 0.3) is 0 Å². The van der Waals surface area contributed by atoms with Gasteiger partial charge in [0.15, 0.2) is 0 Å². The summed E-state index contributed by atoms with van der Waals surface area (Å²) in [4.78, 5) is 14.2. The molecule has 1 saturated carbocycles. The molecule has 0 bridgehead atoms. The van der Waals surface area contributed by atoms with Gasteiger partial charge in [-0.2, -0.15) is 0 Å². The second kappa shape index (κ2) is 6.57. The second-order valence-electron chi connectivity index (χ2n) is 4.94. The minimum absolute atomic E-state index is 0.188. The van der Waals surface area contributed by atoms with E-state index in [1.165, 1.54) is 0 Å². The van der Waals surface area contributed by atoms with Gasteiger partial charge in [-0.05, 0) is 37.5 Å². The number of anilines is 1. The zero-order valence-electron chi connectivity index (χ0n) is 11.5. The Hall–Kier alpha value is -1.55. The summed E-state index contributed by atoms with van der Waals surface area (Å²) in [5.41, 5.74) is 7.56. The van der Waals surface area contributed by atoms with Crippen molar-refractivity contribution in [2.75, 3.05) is 18.9 Å². The largest absolute Gasteiger partial charge is 0.399 e. The number of nitrogens with zero attached hydrogens (tertiary/aromatic N) is 1. The highest BCUT2D eigenvalue weighted by atomic mass is 16.5. The van der Waals surface area contributed by atoms with Gasteiger partial charge in [-0.25, -0.2) is 0 Å². The number of ether oxygens (including phenoxy) is 1. The Kier molecular flexibility index (Phi) is 4.80. The average molecular weight is 262 g/mol. The molecule has 1 amide bonds. The molecular weight excluding hydrogens is 240 g/mol. The first-order chi connectivity index (χ1) is 9.20. The van der Waals surface area contributed by atoms with Crippen molar-refractivity contribution in [3.63, 3.8) is 0 Å². The fraction of sp³-hybridized carbons (Fsp3) is 0.533. The summed E-state index contributed by atoms with van der Waals surface area (Å²) < 4.78 is 5.26. The fourth-order valence-corrected chi connectivity index (χ4v) is 2.07. The molecule has 0 aliphatic heterocycles. The van der Waals surface area contributed by atoms with Crippen LogP contribution in [-0.4, -0.2) is 30.1 Å². The molecule has 104 valence electrons. The number of nitrogen functional groups attached to an aromatic ring is 1. The Morgan fingerprint density at radius 1 is 1.37 bits per heavy atom. The molecule has 19 heavy (non-hydrogen) atoms. The Labute approximate surface area is 114 Å². The van der Waals surface area contributed by atoms with Crippen LogP contribution in [0.25, 0.3) is 0 Å². The van der Waals surface area contributed by atoms with Crippen LogP contribution in [0.15, 0.2) is 24.3 Å². The number of hydrogen-bond donors (Lipinski definition) is 1. The number of amides is 1. The standard InChI is InChI=1S/C15H22N2O2/c1-2-19-10-9-15(18)17(14-7-8-14)11-12-3-5-13(16)6-4-12/h3-6,14H,2,7-11,16H2,1H3. The third kappa shape index (κ3) is 4.24. The Bertz CT molecular complexity index is 413. The molecule has 0 radical (unpaired) electrons. The lowest BCUT2D eigenvalue weighted by atomic mass is 10.2. The second-order valence-corrected chi connectivity index (χ2v) is 4.94. The molecule has 0 saturated heterocycles. The van der Waals surface area contributed by atoms with Crippen molar-refractivity contribution < 1.29 is 9.53 Å². The van der Waals surface area contributed by atoms with Crippen molar-refractivity contribution in [1.29, 1.82) is 0 Å². The third-order valence-electron chi connectivity index (χ3n) is 3.31. The predicted octanol–water partition coefficient (Wildman–Crippen LogP) is 2.19. The minimum atomic E-state index is 0.188. The number of rotatable bonds is 7. The van der Waals surface area contributed by atoms with Crippen molar-refractivity contribution >= 4 is 11.6 Å². The minimum Gasteiger partial charge on any atom is -0.399 e. The number of carbonyl (C=O) groups is 1. The summed E-state index contributed by atoms with van der Waals surface area (Å²) in [6.45, 7) is 3.79. The van der Waals surface area contributed by atoms with Gasteiger partial charge in [-0.1, -0.05) is 12.1 Å². The topological polar surface area (TPSA) is 55.6 Å². The van der Waals surface area contributed by atoms with E-state index in [1.807, 2.05) is 36.1 Å². The van der Waals surface area contributed by atoms with Gasteiger partial charge in [0.05, 0.1) is 13.0 Å². The van der Waals surface area contributed by atoms with Crippen LogP contribution in [0, 0.1) is 0 Å². The Morgan fingerprint density at radius 2 is 2.05 bits per heavy atom. The first-order valence-corrected chi connectivity index (χ1v) is 6.92. The summed E-state index contributed by atoms with van der Waals surface area (Å²) in [7, 11) is 0. The van der Waals surface area contributed by atoms with Crippen molar-refractivity contribution in [2.45, 2.75) is 38.8 Å². The summed E-state index contributed by atoms with van der Waals surface area (Å²) in [5.74, 6) is 0.188. The molecule has 0 aromatic heterocycles. The number of hydrogen-bond acceptors (Lipinski definition) is 3. The van der Waals surface area contributed by atoms with Crippen LogP contribution in [0.2, 0.25) is 0 Å². The van der Waals surface area contributed by atoms with E-state index < -0.39 is 0 Å². The first-order valence-electron chi connectivity index (χ1n) is 6.92. The molecule has 0 atom stereocenters. The maximum absolute atomic E-state index is 12.2. The van der Waals surface area contributed by atoms with E-state index >= 15 is 0 Å². The Morgan fingerprint density at radius 3 is 2.63 bits per heavy atom. The number of benzene rings is 1. The molecule has 2 rings (SSSR count). The van der Waals surface area contributed by atoms with Crippen molar-refractivity contribution in [3.05, 3.63) is 29.8 Å². The van der Waals surface area contributed by atoms with Crippen LogP contribution >= 0.6 is 0 Å². The predicted molar refractivity (Wildman–Crippen MR) is 75.5 cm³/mol. The maximum Gasteiger partial charge on any atom is 0.225 e. The molecule has 1 aliphatic rings. The highest BCUT2D eigenvalue weighted by Crippen LogP contribution is 2.29. The van der Waals surface area contributed by atoms with Crippen LogP contribution in [-0.2, 0) is 16.1 Å². The highest BCUT2D eigenvalue weighted by molar-refractivity contribution is 5.77. The zero-order valence-corrected chi connectivity index (χ0v) is 11.5. The highest BCUT2D eigenvalue weighted by Gasteiger charge is 2.32. The van der Waals surface area contributed by atoms with Crippen LogP contribution < -0.4 is 5.73 Å². The van der Waals surface area contributed by atoms with Crippen LogP contribution in [0.4, 0.5) is 5.69 Å². The van der Waals surface area contributed by atoms with Gasteiger partial charge in [0.2, 0.25) is 5.91 Å². The van der Waals surface area contributed by atoms with Crippen molar-refractivity contribution in [2.24, 2.45) is 0 Å². The summed E-state index contributed by atoms with van der Waals surface area (Å²) in [6.07, 6.45) is 2.71. The summed E-state index contributed by atoms with van der Waals surface area (Å²) in [5, 5.41) is 0. The van der Waals surface area contributed by atoms with E-state index in [0.717, 1.165) is 24.1 Å². The lowest BCUT2D eigenvalue weighted by molar-refractivity contribution is -0.133. The molecule has 0 spiro atoms. The van der Waals surface area contributed by atoms with Gasteiger partial charge in [0.1, 0.15) is 0 Å². The normalized spacial score (nSPS) is 14.4. The first kappa shape index (κ1) is 13.9. The van der Waals surface area contributed by atoms with Crippen molar-refractivity contribution in [3.8, 4) is 0 Å². The summed E-state index contributed by atoms with van der Waals surface area (Å²) >= 11 is 0. The smallest absolute Gasteiger partial charge is 0.225 e. The Balaban J connectivity index is 1.92. The van der Waals surface area contributed by atoms with Gasteiger partial charge in [0, 0.05) is 24.9 Å². The fourth-order valence-electron chi connectivity index (χ4n) is 2.07. The SMILES string of the molecule is CCOCCC(=O)N(Cc1ccc(N)cc1)C1CC1. The number of nitrogens with two attached hydrogens (primary N) is 1. The van der Waals surface area contributed by atoms with E-state index in [2.05, 4.69) is 0 Å². The van der Waals surface area contributed by atoms with Gasteiger partial charge in [-0.15, -0.1) is 0 Å². The monoisotopic (exact) mass is 262 g/mol.